The molecule has 0 aliphatic rings. The molecule has 34 heavy (non-hydrogen) atoms. The van der Waals surface area contributed by atoms with E-state index in [0.29, 0.717) is 24.2 Å². The van der Waals surface area contributed by atoms with Crippen molar-refractivity contribution in [3.8, 4) is 5.75 Å². The molecule has 0 aliphatic carbocycles. The first kappa shape index (κ1) is 26.0. The monoisotopic (exact) mass is 481 g/mol. The lowest BCUT2D eigenvalue weighted by Gasteiger charge is -2.37. The Hall–Kier alpha value is -2.64. The Morgan fingerprint density at radius 3 is 2.35 bits per heavy atom. The molecule has 0 bridgehead atoms. The van der Waals surface area contributed by atoms with E-state index in [1.54, 1.807) is 19.0 Å². The molecule has 0 unspecified atom stereocenters. The van der Waals surface area contributed by atoms with E-state index in [1.165, 1.54) is 0 Å². The fourth-order valence-electron chi connectivity index (χ4n) is 3.72. The van der Waals surface area contributed by atoms with Crippen molar-refractivity contribution in [3.05, 3.63) is 64.6 Å². The average Bonchev–Trinajstić information content (AvgIpc) is 3.05. The molecule has 2 aromatic heterocycles. The summed E-state index contributed by atoms with van der Waals surface area (Å²) >= 11 is 0. The van der Waals surface area contributed by atoms with Crippen molar-refractivity contribution in [3.63, 3.8) is 0 Å². The van der Waals surface area contributed by atoms with Gasteiger partial charge in [-0.3, -0.25) is 4.79 Å². The van der Waals surface area contributed by atoms with Gasteiger partial charge < -0.3 is 18.8 Å². The number of imidazole rings is 1. The first-order valence-electron chi connectivity index (χ1n) is 11.9. The summed E-state index contributed by atoms with van der Waals surface area (Å²) in [6, 6.07) is 9.63. The van der Waals surface area contributed by atoms with E-state index in [-0.39, 0.29) is 10.9 Å². The van der Waals surface area contributed by atoms with E-state index in [0.717, 1.165) is 28.2 Å². The van der Waals surface area contributed by atoms with Crippen molar-refractivity contribution in [2.24, 2.45) is 0 Å². The van der Waals surface area contributed by atoms with E-state index in [1.807, 2.05) is 54.8 Å². The number of amides is 1. The van der Waals surface area contributed by atoms with Crippen LogP contribution in [0.3, 0.4) is 0 Å². The molecule has 7 heteroatoms. The Bertz CT molecular complexity index is 1180. The minimum Gasteiger partial charge on any atom is -0.541 e. The Kier molecular flexibility index (Phi) is 7.29. The van der Waals surface area contributed by atoms with Gasteiger partial charge in [0.2, 0.25) is 0 Å². The van der Waals surface area contributed by atoms with Crippen molar-refractivity contribution in [2.75, 3.05) is 14.1 Å². The van der Waals surface area contributed by atoms with Gasteiger partial charge in [-0.15, -0.1) is 0 Å². The summed E-state index contributed by atoms with van der Waals surface area (Å²) in [5, 5.41) is 10.9. The Morgan fingerprint density at radius 1 is 1.18 bits per heavy atom. The fourth-order valence-corrected chi connectivity index (χ4v) is 4.75. The Morgan fingerprint density at radius 2 is 1.79 bits per heavy atom. The zero-order valence-corrected chi connectivity index (χ0v) is 23.1. The number of hydrogen-bond acceptors (Lipinski definition) is 4. The number of aromatic nitrogens is 2. The van der Waals surface area contributed by atoms with Crippen molar-refractivity contribution >= 4 is 19.9 Å². The van der Waals surface area contributed by atoms with Crippen LogP contribution in [0.1, 0.15) is 66.2 Å². The highest BCUT2D eigenvalue weighted by Crippen LogP contribution is 2.41. The second-order valence-electron chi connectivity index (χ2n) is 10.9. The van der Waals surface area contributed by atoms with Crippen LogP contribution in [-0.4, -0.2) is 47.7 Å². The number of aliphatic hydroxyl groups excluding tert-OH is 1. The number of nitrogens with zero attached hydrogens (tertiary/aromatic N) is 3. The third-order valence-electron chi connectivity index (χ3n) is 7.10. The maximum absolute atomic E-state index is 13.3. The van der Waals surface area contributed by atoms with Crippen molar-refractivity contribution in [1.29, 1.82) is 0 Å². The van der Waals surface area contributed by atoms with Crippen LogP contribution >= 0.6 is 0 Å². The van der Waals surface area contributed by atoms with Gasteiger partial charge in [0.05, 0.1) is 17.4 Å². The predicted molar refractivity (Wildman–Crippen MR) is 140 cm³/mol. The van der Waals surface area contributed by atoms with Crippen LogP contribution < -0.4 is 4.43 Å². The zero-order chi connectivity index (χ0) is 25.4. The molecule has 1 atom stereocenters. The second kappa shape index (κ2) is 9.54. The number of aliphatic hydroxyl groups is 1. The van der Waals surface area contributed by atoms with Crippen LogP contribution in [0.15, 0.2) is 36.5 Å². The summed E-state index contributed by atoms with van der Waals surface area (Å²) in [5.41, 5.74) is 4.90. The van der Waals surface area contributed by atoms with Gasteiger partial charge in [-0.05, 0) is 50.4 Å². The molecular weight excluding hydrogens is 442 g/mol. The molecule has 0 spiro atoms. The van der Waals surface area contributed by atoms with E-state index in [2.05, 4.69) is 33.9 Å². The summed E-state index contributed by atoms with van der Waals surface area (Å²) < 4.78 is 8.87. The summed E-state index contributed by atoms with van der Waals surface area (Å²) in [7, 11) is 1.27. The topological polar surface area (TPSA) is 67.1 Å². The maximum Gasteiger partial charge on any atom is 0.255 e. The van der Waals surface area contributed by atoms with E-state index in [4.69, 9.17) is 9.41 Å². The van der Waals surface area contributed by atoms with Gasteiger partial charge in [0.15, 0.2) is 11.4 Å². The first-order chi connectivity index (χ1) is 15.7. The molecule has 3 rings (SSSR count). The lowest BCUT2D eigenvalue weighted by molar-refractivity contribution is 0.0825. The number of pyridine rings is 1. The third kappa shape index (κ3) is 5.05. The normalized spacial score (nSPS) is 13.2. The second-order valence-corrected chi connectivity index (χ2v) is 15.6. The molecule has 1 aromatic carbocycles. The first-order valence-corrected chi connectivity index (χ1v) is 14.8. The number of fused-ring (bicyclic) bond motifs is 1. The molecule has 1 amide bonds. The van der Waals surface area contributed by atoms with Crippen molar-refractivity contribution in [2.45, 2.75) is 71.7 Å². The van der Waals surface area contributed by atoms with Crippen LogP contribution in [0.2, 0.25) is 18.1 Å². The summed E-state index contributed by atoms with van der Waals surface area (Å²) in [6.45, 7) is 15.0. The summed E-state index contributed by atoms with van der Waals surface area (Å²) in [5.74, 6) is 0.590. The number of hydrogen-bond donors (Lipinski definition) is 1. The lowest BCUT2D eigenvalue weighted by atomic mass is 9.98. The minimum absolute atomic E-state index is 0.0247. The van der Waals surface area contributed by atoms with Crippen LogP contribution in [0.25, 0.3) is 5.65 Å². The van der Waals surface area contributed by atoms with Gasteiger partial charge in [0.1, 0.15) is 0 Å². The molecule has 2 heterocycles. The maximum atomic E-state index is 13.3. The quantitative estimate of drug-likeness (QED) is 0.439. The Balaban J connectivity index is 2.21. The SMILES string of the molecule is Cc1nc2c(O[Si](C)(C)C(C)(C)C)c(CC[C@@H](O)c3ccccc3)c(C(=O)N(C)C)cn2c1C. The van der Waals surface area contributed by atoms with E-state index >= 15 is 0 Å². The van der Waals surface area contributed by atoms with Crippen LogP contribution in [0, 0.1) is 13.8 Å². The van der Waals surface area contributed by atoms with Crippen molar-refractivity contribution < 1.29 is 14.3 Å². The van der Waals surface area contributed by atoms with E-state index < -0.39 is 14.4 Å². The molecular formula is C27H39N3O3Si. The standard InChI is InChI=1S/C27H39N3O3Si/c1-18-19(2)30-17-22(26(32)29(6)7)21(15-16-23(31)20-13-11-10-12-14-20)24(25(30)28-18)33-34(8,9)27(3,4)5/h10-14,17,23,31H,15-16H2,1-9H3/t23-/m1/s1. The predicted octanol–water partition coefficient (Wildman–Crippen LogP) is 5.70. The molecule has 0 saturated heterocycles. The van der Waals surface area contributed by atoms with Gasteiger partial charge >= 0.3 is 0 Å². The van der Waals surface area contributed by atoms with Gasteiger partial charge in [-0.25, -0.2) is 4.98 Å². The highest BCUT2D eigenvalue weighted by atomic mass is 28.4. The smallest absolute Gasteiger partial charge is 0.255 e. The molecule has 0 fully saturated rings. The number of benzene rings is 1. The molecule has 1 N–H and O–H groups in total. The van der Waals surface area contributed by atoms with Crippen LogP contribution in [0.4, 0.5) is 0 Å². The van der Waals surface area contributed by atoms with Gasteiger partial charge in [0.25, 0.3) is 14.2 Å². The van der Waals surface area contributed by atoms with Gasteiger partial charge in [-0.1, -0.05) is 51.1 Å². The number of rotatable bonds is 7. The fraction of sp³-hybridized carbons (Fsp3) is 0.481. The lowest BCUT2D eigenvalue weighted by Crippen LogP contribution is -2.44. The average molecular weight is 482 g/mol. The molecule has 6 nitrogen and oxygen atoms in total. The number of carbonyl (C=O) groups excluding carboxylic acids is 1. The minimum atomic E-state index is -2.25. The largest absolute Gasteiger partial charge is 0.541 e. The Labute approximate surface area is 204 Å². The van der Waals surface area contributed by atoms with Crippen LogP contribution in [-0.2, 0) is 6.42 Å². The number of aryl methyl sites for hydroxylation is 2. The highest BCUT2D eigenvalue weighted by molar-refractivity contribution is 6.74. The van der Waals surface area contributed by atoms with Gasteiger partial charge in [0, 0.05) is 31.5 Å². The summed E-state index contributed by atoms with van der Waals surface area (Å²) in [4.78, 5) is 19.8. The zero-order valence-electron chi connectivity index (χ0n) is 22.1. The molecule has 184 valence electrons. The van der Waals surface area contributed by atoms with E-state index in [9.17, 15) is 9.90 Å². The third-order valence-corrected chi connectivity index (χ3v) is 11.4. The summed E-state index contributed by atoms with van der Waals surface area (Å²) in [6.07, 6.45) is 2.22. The number of carbonyl (C=O) groups is 1. The van der Waals surface area contributed by atoms with Gasteiger partial charge in [-0.2, -0.15) is 0 Å². The highest BCUT2D eigenvalue weighted by Gasteiger charge is 2.40. The molecule has 0 aliphatic heterocycles. The van der Waals surface area contributed by atoms with Crippen molar-refractivity contribution in [1.82, 2.24) is 14.3 Å². The molecule has 3 aromatic rings. The molecule has 0 radical (unpaired) electrons. The van der Waals surface area contributed by atoms with Crippen LogP contribution in [0.5, 0.6) is 5.75 Å². The molecule has 0 saturated carbocycles.